The molecule has 1 amide bonds. The van der Waals surface area contributed by atoms with Crippen LogP contribution in [0.5, 0.6) is 0 Å². The number of aromatic nitrogens is 1. The van der Waals surface area contributed by atoms with Crippen LogP contribution in [0.4, 0.5) is 5.69 Å². The molecule has 5 nitrogen and oxygen atoms in total. The zero-order valence-corrected chi connectivity index (χ0v) is 12.6. The van der Waals surface area contributed by atoms with Crippen molar-refractivity contribution in [2.24, 2.45) is 5.84 Å². The summed E-state index contributed by atoms with van der Waals surface area (Å²) in [5.74, 6) is 5.39. The number of carbonyl (C=O) groups is 1. The van der Waals surface area contributed by atoms with E-state index in [0.717, 1.165) is 16.3 Å². The maximum absolute atomic E-state index is 12.5. The van der Waals surface area contributed by atoms with Crippen LogP contribution in [0, 0.1) is 13.8 Å². The number of nitrogens with zero attached hydrogens (tertiary/aromatic N) is 2. The number of thiazole rings is 1. The van der Waals surface area contributed by atoms with E-state index in [-0.39, 0.29) is 5.91 Å². The van der Waals surface area contributed by atoms with Gasteiger partial charge in [0.25, 0.3) is 5.91 Å². The van der Waals surface area contributed by atoms with Gasteiger partial charge in [-0.15, -0.1) is 11.3 Å². The van der Waals surface area contributed by atoms with E-state index in [2.05, 4.69) is 10.4 Å². The topological polar surface area (TPSA) is 71.2 Å². The zero-order valence-electron chi connectivity index (χ0n) is 11.8. The molecule has 0 aliphatic rings. The van der Waals surface area contributed by atoms with Crippen LogP contribution in [0.25, 0.3) is 0 Å². The third-order valence-corrected chi connectivity index (χ3v) is 3.80. The molecular formula is C14H18N4OS. The Balaban J connectivity index is 2.20. The maximum atomic E-state index is 12.5. The van der Waals surface area contributed by atoms with Crippen molar-refractivity contribution < 1.29 is 4.79 Å². The highest BCUT2D eigenvalue weighted by Gasteiger charge is 2.16. The molecular weight excluding hydrogens is 272 g/mol. The summed E-state index contributed by atoms with van der Waals surface area (Å²) >= 11 is 1.58. The van der Waals surface area contributed by atoms with Gasteiger partial charge in [0, 0.05) is 12.4 Å². The summed E-state index contributed by atoms with van der Waals surface area (Å²) in [5.41, 5.74) is 5.68. The van der Waals surface area contributed by atoms with E-state index in [0.29, 0.717) is 17.8 Å². The first-order valence-electron chi connectivity index (χ1n) is 6.25. The molecule has 6 heteroatoms. The van der Waals surface area contributed by atoms with Gasteiger partial charge in [0.05, 0.1) is 28.5 Å². The third-order valence-electron chi connectivity index (χ3n) is 2.97. The zero-order chi connectivity index (χ0) is 14.7. The first kappa shape index (κ1) is 14.5. The molecule has 3 N–H and O–H groups in total. The highest BCUT2D eigenvalue weighted by Crippen LogP contribution is 2.19. The summed E-state index contributed by atoms with van der Waals surface area (Å²) in [6, 6.07) is 5.56. The van der Waals surface area contributed by atoms with Crippen molar-refractivity contribution in [2.75, 3.05) is 12.5 Å². The van der Waals surface area contributed by atoms with Crippen LogP contribution in [0.3, 0.4) is 0 Å². The normalized spacial score (nSPS) is 10.4. The van der Waals surface area contributed by atoms with Crippen LogP contribution in [0.2, 0.25) is 0 Å². The largest absolute Gasteiger partial charge is 0.336 e. The second kappa shape index (κ2) is 6.02. The van der Waals surface area contributed by atoms with E-state index in [1.807, 2.05) is 37.4 Å². The predicted octanol–water partition coefficient (Wildman–Crippen LogP) is 2.32. The summed E-state index contributed by atoms with van der Waals surface area (Å²) in [5, 5.41) is 2.97. The fourth-order valence-corrected chi connectivity index (χ4v) is 2.57. The van der Waals surface area contributed by atoms with Crippen molar-refractivity contribution >= 4 is 22.9 Å². The molecule has 0 saturated heterocycles. The summed E-state index contributed by atoms with van der Waals surface area (Å²) in [7, 11) is 1.76. The van der Waals surface area contributed by atoms with Gasteiger partial charge in [-0.2, -0.15) is 0 Å². The lowest BCUT2D eigenvalue weighted by Gasteiger charge is -2.18. The average molecular weight is 290 g/mol. The van der Waals surface area contributed by atoms with Crippen LogP contribution < -0.4 is 11.3 Å². The molecule has 2 aromatic rings. The summed E-state index contributed by atoms with van der Waals surface area (Å²) < 4.78 is 0. The van der Waals surface area contributed by atoms with E-state index in [4.69, 9.17) is 5.84 Å². The SMILES string of the molecule is Cc1ccc(NN)c(C(=O)N(C)Cc2csc(C)n2)c1. The number of rotatable bonds is 4. The Morgan fingerprint density at radius 1 is 1.45 bits per heavy atom. The van der Waals surface area contributed by atoms with E-state index in [9.17, 15) is 4.79 Å². The standard InChI is InChI=1S/C14H18N4OS/c1-9-4-5-13(17-15)12(6-9)14(19)18(3)7-11-8-20-10(2)16-11/h4-6,8,17H,7,15H2,1-3H3. The number of amides is 1. The van der Waals surface area contributed by atoms with Gasteiger partial charge in [0.2, 0.25) is 0 Å². The van der Waals surface area contributed by atoms with Crippen molar-refractivity contribution in [3.8, 4) is 0 Å². The minimum atomic E-state index is -0.0766. The molecule has 0 fully saturated rings. The molecule has 1 heterocycles. The van der Waals surface area contributed by atoms with Crippen LogP contribution in [-0.4, -0.2) is 22.8 Å². The van der Waals surface area contributed by atoms with Gasteiger partial charge < -0.3 is 10.3 Å². The van der Waals surface area contributed by atoms with Crippen molar-refractivity contribution in [1.82, 2.24) is 9.88 Å². The van der Waals surface area contributed by atoms with Crippen LogP contribution >= 0.6 is 11.3 Å². The number of nitrogens with two attached hydrogens (primary N) is 1. The number of hydrogen-bond acceptors (Lipinski definition) is 5. The first-order valence-corrected chi connectivity index (χ1v) is 7.13. The fourth-order valence-electron chi connectivity index (χ4n) is 1.96. The van der Waals surface area contributed by atoms with E-state index in [1.165, 1.54) is 0 Å². The molecule has 1 aromatic carbocycles. The number of carbonyl (C=O) groups excluding carboxylic acids is 1. The summed E-state index contributed by atoms with van der Waals surface area (Å²) in [6.07, 6.45) is 0. The van der Waals surface area contributed by atoms with Crippen LogP contribution in [0.15, 0.2) is 23.6 Å². The molecule has 0 saturated carbocycles. The van der Waals surface area contributed by atoms with Gasteiger partial charge in [-0.25, -0.2) is 4.98 Å². The van der Waals surface area contributed by atoms with Crippen LogP contribution in [-0.2, 0) is 6.54 Å². The Morgan fingerprint density at radius 2 is 2.20 bits per heavy atom. The molecule has 0 aliphatic carbocycles. The van der Waals surface area contributed by atoms with E-state index < -0.39 is 0 Å². The average Bonchev–Trinajstić information content (AvgIpc) is 2.83. The monoisotopic (exact) mass is 290 g/mol. The highest BCUT2D eigenvalue weighted by molar-refractivity contribution is 7.09. The van der Waals surface area contributed by atoms with Crippen molar-refractivity contribution in [2.45, 2.75) is 20.4 Å². The van der Waals surface area contributed by atoms with Gasteiger partial charge in [-0.1, -0.05) is 11.6 Å². The molecule has 0 aliphatic heterocycles. The second-order valence-corrected chi connectivity index (χ2v) is 5.77. The number of nitrogens with one attached hydrogen (secondary N) is 1. The molecule has 20 heavy (non-hydrogen) atoms. The number of anilines is 1. The molecule has 2 rings (SSSR count). The highest BCUT2D eigenvalue weighted by atomic mass is 32.1. The Labute approximate surface area is 122 Å². The lowest BCUT2D eigenvalue weighted by molar-refractivity contribution is 0.0784. The van der Waals surface area contributed by atoms with Crippen molar-refractivity contribution in [3.63, 3.8) is 0 Å². The molecule has 0 unspecified atom stereocenters. The smallest absolute Gasteiger partial charge is 0.256 e. The van der Waals surface area contributed by atoms with Gasteiger partial charge in [-0.3, -0.25) is 10.6 Å². The second-order valence-electron chi connectivity index (χ2n) is 4.71. The number of benzene rings is 1. The van der Waals surface area contributed by atoms with E-state index in [1.54, 1.807) is 23.3 Å². The summed E-state index contributed by atoms with van der Waals surface area (Å²) in [4.78, 5) is 18.5. The number of hydrogen-bond donors (Lipinski definition) is 2. The van der Waals surface area contributed by atoms with Gasteiger partial charge in [0.15, 0.2) is 0 Å². The molecule has 0 bridgehead atoms. The molecule has 1 aromatic heterocycles. The fraction of sp³-hybridized carbons (Fsp3) is 0.286. The molecule has 0 spiro atoms. The quantitative estimate of drug-likeness (QED) is 0.669. The Bertz CT molecular complexity index is 623. The van der Waals surface area contributed by atoms with Crippen molar-refractivity contribution in [3.05, 3.63) is 45.4 Å². The van der Waals surface area contributed by atoms with Gasteiger partial charge in [-0.05, 0) is 26.0 Å². The predicted molar refractivity (Wildman–Crippen MR) is 81.6 cm³/mol. The van der Waals surface area contributed by atoms with Crippen LogP contribution in [0.1, 0.15) is 26.6 Å². The Hall–Kier alpha value is -1.92. The minimum absolute atomic E-state index is 0.0766. The summed E-state index contributed by atoms with van der Waals surface area (Å²) in [6.45, 7) is 4.38. The molecule has 106 valence electrons. The number of nitrogen functional groups attached to an aromatic ring is 1. The molecule has 0 radical (unpaired) electrons. The third kappa shape index (κ3) is 3.15. The molecule has 0 atom stereocenters. The van der Waals surface area contributed by atoms with Gasteiger partial charge >= 0.3 is 0 Å². The Morgan fingerprint density at radius 3 is 2.80 bits per heavy atom. The first-order chi connectivity index (χ1) is 9.51. The van der Waals surface area contributed by atoms with Crippen molar-refractivity contribution in [1.29, 1.82) is 0 Å². The number of aryl methyl sites for hydroxylation is 2. The van der Waals surface area contributed by atoms with E-state index >= 15 is 0 Å². The lowest BCUT2D eigenvalue weighted by atomic mass is 10.1. The van der Waals surface area contributed by atoms with Gasteiger partial charge in [0.1, 0.15) is 0 Å². The lowest BCUT2D eigenvalue weighted by Crippen LogP contribution is -2.27. The minimum Gasteiger partial charge on any atom is -0.336 e. The number of hydrazine groups is 1. The maximum Gasteiger partial charge on any atom is 0.256 e. The Kier molecular flexibility index (Phi) is 4.36.